The van der Waals surface area contributed by atoms with Crippen LogP contribution < -0.4 is 14.2 Å². The third-order valence-corrected chi connectivity index (χ3v) is 7.01. The lowest BCUT2D eigenvalue weighted by atomic mass is 10.0. The van der Waals surface area contributed by atoms with Crippen molar-refractivity contribution in [3.63, 3.8) is 0 Å². The van der Waals surface area contributed by atoms with Crippen molar-refractivity contribution < 1.29 is 23.8 Å². The van der Waals surface area contributed by atoms with Gasteiger partial charge in [-0.2, -0.15) is 0 Å². The minimum atomic E-state index is -0.277. The second-order valence-electron chi connectivity index (χ2n) is 8.45. The molecular weight excluding hydrogens is 474 g/mol. The van der Waals surface area contributed by atoms with Gasteiger partial charge in [0.25, 0.3) is 11.1 Å². The molecule has 2 aliphatic heterocycles. The van der Waals surface area contributed by atoms with Crippen LogP contribution in [0.15, 0.2) is 89.8 Å². The van der Waals surface area contributed by atoms with Crippen LogP contribution in [0.1, 0.15) is 16.7 Å². The standard InChI is InChI=1S/C29H21NO5S/c31-28-27(36-29(32)30(28)16-22-6-3-5-21-4-1-2-7-24(21)22)15-19-8-11-23(12-9-19)33-17-20-10-13-25-26(14-20)35-18-34-25/h1-15H,16-18H2/b27-15-. The Hall–Kier alpha value is -4.23. The second kappa shape index (κ2) is 9.43. The van der Waals surface area contributed by atoms with E-state index < -0.39 is 0 Å². The van der Waals surface area contributed by atoms with Gasteiger partial charge in [0.05, 0.1) is 11.4 Å². The number of thioether (sulfide) groups is 1. The summed E-state index contributed by atoms with van der Waals surface area (Å²) in [6, 6.07) is 27.0. The molecule has 0 aromatic heterocycles. The first-order valence-corrected chi connectivity index (χ1v) is 12.3. The van der Waals surface area contributed by atoms with Crippen molar-refractivity contribution in [3.05, 3.63) is 107 Å². The van der Waals surface area contributed by atoms with Gasteiger partial charge in [0, 0.05) is 0 Å². The number of ether oxygens (including phenoxy) is 3. The number of hydrogen-bond donors (Lipinski definition) is 0. The molecule has 0 spiro atoms. The molecule has 0 unspecified atom stereocenters. The zero-order chi connectivity index (χ0) is 24.5. The van der Waals surface area contributed by atoms with Crippen LogP contribution in [0.25, 0.3) is 16.8 Å². The third kappa shape index (κ3) is 4.41. The van der Waals surface area contributed by atoms with Gasteiger partial charge in [0.1, 0.15) is 12.4 Å². The summed E-state index contributed by atoms with van der Waals surface area (Å²) in [6.45, 7) is 0.878. The summed E-state index contributed by atoms with van der Waals surface area (Å²) in [4.78, 5) is 27.4. The molecule has 1 saturated heterocycles. The van der Waals surface area contributed by atoms with E-state index in [1.807, 2.05) is 84.9 Å². The van der Waals surface area contributed by atoms with Crippen molar-refractivity contribution in [1.82, 2.24) is 4.90 Å². The van der Waals surface area contributed by atoms with Crippen LogP contribution in [0, 0.1) is 0 Å². The fraction of sp³-hybridized carbons (Fsp3) is 0.103. The molecule has 6 rings (SSSR count). The van der Waals surface area contributed by atoms with Crippen LogP contribution in [0.2, 0.25) is 0 Å². The van der Waals surface area contributed by atoms with E-state index in [2.05, 4.69) is 0 Å². The van der Waals surface area contributed by atoms with E-state index in [1.54, 1.807) is 6.08 Å². The van der Waals surface area contributed by atoms with Crippen LogP contribution in [0.3, 0.4) is 0 Å². The molecule has 0 radical (unpaired) electrons. The minimum Gasteiger partial charge on any atom is -0.489 e. The molecule has 0 saturated carbocycles. The van der Waals surface area contributed by atoms with Crippen LogP contribution in [0.5, 0.6) is 17.2 Å². The number of nitrogens with zero attached hydrogens (tertiary/aromatic N) is 1. The Kier molecular flexibility index (Phi) is 5.83. The van der Waals surface area contributed by atoms with E-state index in [-0.39, 0.29) is 24.5 Å². The van der Waals surface area contributed by atoms with E-state index in [0.717, 1.165) is 50.7 Å². The number of amides is 2. The van der Waals surface area contributed by atoms with Gasteiger partial charge in [-0.25, -0.2) is 0 Å². The Balaban J connectivity index is 1.12. The summed E-state index contributed by atoms with van der Waals surface area (Å²) in [6.07, 6.45) is 1.75. The molecule has 4 aromatic carbocycles. The van der Waals surface area contributed by atoms with Gasteiger partial charge in [-0.05, 0) is 69.6 Å². The SMILES string of the molecule is O=C1S/C(=C\c2ccc(OCc3ccc4c(c3)OCO4)cc2)C(=O)N1Cc1cccc2ccccc12. The summed E-state index contributed by atoms with van der Waals surface area (Å²) >= 11 is 0.968. The number of rotatable bonds is 6. The van der Waals surface area contributed by atoms with Gasteiger partial charge < -0.3 is 14.2 Å². The fourth-order valence-corrected chi connectivity index (χ4v) is 5.08. The number of benzene rings is 4. The molecule has 6 nitrogen and oxygen atoms in total. The highest BCUT2D eigenvalue weighted by Crippen LogP contribution is 2.35. The average molecular weight is 496 g/mol. The van der Waals surface area contributed by atoms with Gasteiger partial charge >= 0.3 is 0 Å². The van der Waals surface area contributed by atoms with Gasteiger partial charge in [0.15, 0.2) is 11.5 Å². The molecule has 0 N–H and O–H groups in total. The quantitative estimate of drug-likeness (QED) is 0.289. The predicted octanol–water partition coefficient (Wildman–Crippen LogP) is 6.38. The summed E-state index contributed by atoms with van der Waals surface area (Å²) in [5.74, 6) is 1.89. The van der Waals surface area contributed by atoms with Gasteiger partial charge in [-0.3, -0.25) is 14.5 Å². The highest BCUT2D eigenvalue weighted by molar-refractivity contribution is 8.18. The molecule has 36 heavy (non-hydrogen) atoms. The van der Waals surface area contributed by atoms with E-state index in [1.165, 1.54) is 4.90 Å². The maximum absolute atomic E-state index is 13.0. The smallest absolute Gasteiger partial charge is 0.293 e. The van der Waals surface area contributed by atoms with Crippen LogP contribution in [-0.4, -0.2) is 22.8 Å². The predicted molar refractivity (Wildman–Crippen MR) is 139 cm³/mol. The zero-order valence-corrected chi connectivity index (χ0v) is 20.0. The Morgan fingerprint density at radius 1 is 0.889 bits per heavy atom. The molecule has 2 amide bonds. The molecule has 0 aliphatic carbocycles. The van der Waals surface area contributed by atoms with Gasteiger partial charge in [-0.1, -0.05) is 60.7 Å². The first-order valence-electron chi connectivity index (χ1n) is 11.5. The van der Waals surface area contributed by atoms with Gasteiger partial charge in [-0.15, -0.1) is 0 Å². The lowest BCUT2D eigenvalue weighted by Crippen LogP contribution is -2.27. The van der Waals surface area contributed by atoms with Crippen LogP contribution >= 0.6 is 11.8 Å². The molecule has 1 fully saturated rings. The van der Waals surface area contributed by atoms with Crippen molar-refractivity contribution in [2.75, 3.05) is 6.79 Å². The lowest BCUT2D eigenvalue weighted by molar-refractivity contribution is -0.123. The normalized spacial score (nSPS) is 15.8. The van der Waals surface area contributed by atoms with Crippen molar-refractivity contribution in [2.24, 2.45) is 0 Å². The van der Waals surface area contributed by atoms with Crippen molar-refractivity contribution in [2.45, 2.75) is 13.2 Å². The van der Waals surface area contributed by atoms with Crippen molar-refractivity contribution in [3.8, 4) is 17.2 Å². The van der Waals surface area contributed by atoms with Crippen LogP contribution in [0.4, 0.5) is 4.79 Å². The molecule has 4 aromatic rings. The van der Waals surface area contributed by atoms with Crippen molar-refractivity contribution in [1.29, 1.82) is 0 Å². The highest BCUT2D eigenvalue weighted by atomic mass is 32.2. The molecule has 0 bridgehead atoms. The van der Waals surface area contributed by atoms with E-state index >= 15 is 0 Å². The largest absolute Gasteiger partial charge is 0.489 e. The molecule has 178 valence electrons. The Morgan fingerprint density at radius 2 is 1.69 bits per heavy atom. The average Bonchev–Trinajstić information content (AvgIpc) is 3.48. The van der Waals surface area contributed by atoms with Crippen LogP contribution in [-0.2, 0) is 17.9 Å². The summed E-state index contributed by atoms with van der Waals surface area (Å²) in [5.41, 5.74) is 2.74. The van der Waals surface area contributed by atoms with E-state index in [0.29, 0.717) is 17.3 Å². The summed E-state index contributed by atoms with van der Waals surface area (Å²) < 4.78 is 16.6. The lowest BCUT2D eigenvalue weighted by Gasteiger charge is -2.14. The summed E-state index contributed by atoms with van der Waals surface area (Å²) in [5, 5.41) is 1.86. The first kappa shape index (κ1) is 22.2. The number of imide groups is 1. The number of carbonyl (C=O) groups excluding carboxylic acids is 2. The van der Waals surface area contributed by atoms with E-state index in [4.69, 9.17) is 14.2 Å². The third-order valence-electron chi connectivity index (χ3n) is 6.10. The Labute approximate surface area is 212 Å². The zero-order valence-electron chi connectivity index (χ0n) is 19.2. The Bertz CT molecular complexity index is 1510. The van der Waals surface area contributed by atoms with Crippen molar-refractivity contribution >= 4 is 39.8 Å². The molecule has 7 heteroatoms. The molecule has 2 aliphatic rings. The summed E-state index contributed by atoms with van der Waals surface area (Å²) in [7, 11) is 0. The van der Waals surface area contributed by atoms with E-state index in [9.17, 15) is 9.59 Å². The second-order valence-corrected chi connectivity index (χ2v) is 9.44. The van der Waals surface area contributed by atoms with Gasteiger partial charge in [0.2, 0.25) is 6.79 Å². The fourth-order valence-electron chi connectivity index (χ4n) is 4.25. The minimum absolute atomic E-state index is 0.240. The monoisotopic (exact) mass is 495 g/mol. The molecule has 2 heterocycles. The highest BCUT2D eigenvalue weighted by Gasteiger charge is 2.35. The maximum Gasteiger partial charge on any atom is 0.293 e. The Morgan fingerprint density at radius 3 is 2.58 bits per heavy atom. The molecule has 0 atom stereocenters. The topological polar surface area (TPSA) is 65.1 Å². The molecular formula is C29H21NO5S. The maximum atomic E-state index is 13.0. The number of carbonyl (C=O) groups is 2. The first-order chi connectivity index (χ1) is 17.6. The number of hydrogen-bond acceptors (Lipinski definition) is 6. The number of fused-ring (bicyclic) bond motifs is 2.